The Morgan fingerprint density at radius 3 is 2.80 bits per heavy atom. The molecule has 0 N–H and O–H groups in total. The van der Waals surface area contributed by atoms with Gasteiger partial charge in [-0.2, -0.15) is 0 Å². The first-order valence-electron chi connectivity index (χ1n) is 6.94. The summed E-state index contributed by atoms with van der Waals surface area (Å²) >= 11 is 0. The molecule has 0 amide bonds. The third-order valence-corrected chi connectivity index (χ3v) is 3.78. The first-order valence-corrected chi connectivity index (χ1v) is 6.94. The number of aryl methyl sites for hydroxylation is 2. The molecule has 0 bridgehead atoms. The normalized spacial score (nSPS) is 10.9. The molecule has 2 heterocycles. The molecule has 0 radical (unpaired) electrons. The van der Waals surface area contributed by atoms with Gasteiger partial charge in [-0.1, -0.05) is 43.8 Å². The molecule has 0 spiro atoms. The second-order valence-corrected chi connectivity index (χ2v) is 4.95. The number of fused-ring (bicyclic) bond motifs is 1. The van der Waals surface area contributed by atoms with E-state index in [9.17, 15) is 0 Å². The Balaban J connectivity index is 2.26. The summed E-state index contributed by atoms with van der Waals surface area (Å²) in [6, 6.07) is 12.6. The van der Waals surface area contributed by atoms with Gasteiger partial charge in [0.1, 0.15) is 5.65 Å². The van der Waals surface area contributed by atoms with E-state index >= 15 is 0 Å². The highest BCUT2D eigenvalue weighted by atomic mass is 15.0. The summed E-state index contributed by atoms with van der Waals surface area (Å²) in [5, 5.41) is 0. The zero-order valence-corrected chi connectivity index (χ0v) is 11.9. The van der Waals surface area contributed by atoms with E-state index < -0.39 is 0 Å². The maximum atomic E-state index is 4.81. The van der Waals surface area contributed by atoms with Crippen LogP contribution in [0, 0.1) is 6.92 Å². The van der Waals surface area contributed by atoms with Gasteiger partial charge < -0.3 is 4.40 Å². The number of nitrogens with zero attached hydrogens (tertiary/aromatic N) is 2. The summed E-state index contributed by atoms with van der Waals surface area (Å²) in [5.74, 6) is 0. The molecule has 3 rings (SSSR count). The van der Waals surface area contributed by atoms with Crippen molar-refractivity contribution in [3.63, 3.8) is 0 Å². The van der Waals surface area contributed by atoms with Crippen molar-refractivity contribution in [3.8, 4) is 11.3 Å². The maximum Gasteiger partial charge on any atom is 0.138 e. The lowest BCUT2D eigenvalue weighted by molar-refractivity contribution is 1.10. The van der Waals surface area contributed by atoms with Crippen LogP contribution in [0.1, 0.15) is 23.7 Å². The van der Waals surface area contributed by atoms with E-state index in [0.717, 1.165) is 23.3 Å². The molecule has 0 saturated carbocycles. The maximum absolute atomic E-state index is 4.81. The topological polar surface area (TPSA) is 17.3 Å². The summed E-state index contributed by atoms with van der Waals surface area (Å²) < 4.78 is 2.13. The van der Waals surface area contributed by atoms with Gasteiger partial charge >= 0.3 is 0 Å². The highest BCUT2D eigenvalue weighted by molar-refractivity contribution is 5.70. The summed E-state index contributed by atoms with van der Waals surface area (Å²) in [6.07, 6.45) is 4.93. The van der Waals surface area contributed by atoms with Gasteiger partial charge in [0.25, 0.3) is 0 Å². The van der Waals surface area contributed by atoms with Crippen molar-refractivity contribution in [1.82, 2.24) is 9.38 Å². The number of imidazole rings is 1. The molecule has 2 heteroatoms. The Labute approximate surface area is 119 Å². The van der Waals surface area contributed by atoms with Crippen molar-refractivity contribution in [3.05, 3.63) is 66.0 Å². The third-order valence-electron chi connectivity index (χ3n) is 3.78. The molecular weight excluding hydrogens is 244 g/mol. The molecule has 3 aromatic rings. The van der Waals surface area contributed by atoms with Crippen LogP contribution in [0.2, 0.25) is 0 Å². The predicted molar refractivity (Wildman–Crippen MR) is 84.8 cm³/mol. The molecular formula is C18H18N2. The quantitative estimate of drug-likeness (QED) is 0.678. The minimum atomic E-state index is 0.973. The highest BCUT2D eigenvalue weighted by Gasteiger charge is 2.12. The van der Waals surface area contributed by atoms with Crippen LogP contribution in [0.4, 0.5) is 0 Å². The van der Waals surface area contributed by atoms with Crippen molar-refractivity contribution in [2.75, 3.05) is 0 Å². The Bertz CT molecular complexity index is 781. The SMILES string of the molecule is C=Cc1ccn2c(C)c(-c3ccccc3CC)nc2c1. The second kappa shape index (κ2) is 4.97. The van der Waals surface area contributed by atoms with E-state index in [0.29, 0.717) is 0 Å². The number of rotatable bonds is 3. The van der Waals surface area contributed by atoms with Crippen molar-refractivity contribution < 1.29 is 0 Å². The van der Waals surface area contributed by atoms with Gasteiger partial charge in [0.15, 0.2) is 0 Å². The van der Waals surface area contributed by atoms with E-state index in [1.165, 1.54) is 16.8 Å². The standard InChI is InChI=1S/C18H18N2/c1-4-14-10-11-20-13(3)18(19-17(20)12-14)16-9-7-6-8-15(16)5-2/h4,6-12H,1,5H2,2-3H3. The zero-order chi connectivity index (χ0) is 14.1. The monoisotopic (exact) mass is 262 g/mol. The minimum absolute atomic E-state index is 0.973. The Hall–Kier alpha value is -2.35. The third kappa shape index (κ3) is 1.94. The lowest BCUT2D eigenvalue weighted by Crippen LogP contribution is -1.90. The van der Waals surface area contributed by atoms with Crippen LogP contribution in [0.3, 0.4) is 0 Å². The Kier molecular flexibility index (Phi) is 3.15. The first-order chi connectivity index (χ1) is 9.74. The van der Waals surface area contributed by atoms with Crippen molar-refractivity contribution in [2.24, 2.45) is 0 Å². The van der Waals surface area contributed by atoms with Gasteiger partial charge in [0.05, 0.1) is 5.69 Å². The van der Waals surface area contributed by atoms with Gasteiger partial charge in [0.2, 0.25) is 0 Å². The number of hydrogen-bond donors (Lipinski definition) is 0. The van der Waals surface area contributed by atoms with Crippen LogP contribution in [0.25, 0.3) is 23.0 Å². The zero-order valence-electron chi connectivity index (χ0n) is 11.9. The van der Waals surface area contributed by atoms with Crippen LogP contribution < -0.4 is 0 Å². The largest absolute Gasteiger partial charge is 0.304 e. The lowest BCUT2D eigenvalue weighted by atomic mass is 10.0. The number of aromatic nitrogens is 2. The summed E-state index contributed by atoms with van der Waals surface area (Å²) in [7, 11) is 0. The molecule has 0 aliphatic heterocycles. The van der Waals surface area contributed by atoms with Crippen molar-refractivity contribution >= 4 is 11.7 Å². The molecule has 100 valence electrons. The average molecular weight is 262 g/mol. The average Bonchev–Trinajstić information content (AvgIpc) is 2.83. The molecule has 0 atom stereocenters. The molecule has 0 aliphatic rings. The number of benzene rings is 1. The summed E-state index contributed by atoms with van der Waals surface area (Å²) in [4.78, 5) is 4.81. The van der Waals surface area contributed by atoms with E-state index in [2.05, 4.69) is 67.4 Å². The van der Waals surface area contributed by atoms with E-state index in [4.69, 9.17) is 4.98 Å². The fraction of sp³-hybridized carbons (Fsp3) is 0.167. The minimum Gasteiger partial charge on any atom is -0.304 e. The fourth-order valence-electron chi connectivity index (χ4n) is 2.62. The first kappa shape index (κ1) is 12.7. The number of hydrogen-bond acceptors (Lipinski definition) is 1. The van der Waals surface area contributed by atoms with Crippen LogP contribution in [0.15, 0.2) is 49.2 Å². The molecule has 2 nitrogen and oxygen atoms in total. The van der Waals surface area contributed by atoms with Crippen molar-refractivity contribution in [1.29, 1.82) is 0 Å². The van der Waals surface area contributed by atoms with Gasteiger partial charge in [-0.15, -0.1) is 0 Å². The predicted octanol–water partition coefficient (Wildman–Crippen LogP) is 4.52. The molecule has 2 aromatic heterocycles. The van der Waals surface area contributed by atoms with E-state index in [1.54, 1.807) is 0 Å². The molecule has 1 aromatic carbocycles. The molecule has 0 saturated heterocycles. The fourth-order valence-corrected chi connectivity index (χ4v) is 2.62. The molecule has 0 fully saturated rings. The van der Waals surface area contributed by atoms with Crippen LogP contribution in [-0.2, 0) is 6.42 Å². The molecule has 0 unspecified atom stereocenters. The van der Waals surface area contributed by atoms with E-state index in [1.807, 2.05) is 6.08 Å². The van der Waals surface area contributed by atoms with Gasteiger partial charge in [-0.3, -0.25) is 0 Å². The van der Waals surface area contributed by atoms with E-state index in [-0.39, 0.29) is 0 Å². The van der Waals surface area contributed by atoms with Gasteiger partial charge in [-0.05, 0) is 36.6 Å². The lowest BCUT2D eigenvalue weighted by Gasteiger charge is -2.05. The van der Waals surface area contributed by atoms with Crippen LogP contribution in [-0.4, -0.2) is 9.38 Å². The Morgan fingerprint density at radius 1 is 1.25 bits per heavy atom. The van der Waals surface area contributed by atoms with Crippen LogP contribution >= 0.6 is 0 Å². The van der Waals surface area contributed by atoms with Gasteiger partial charge in [0, 0.05) is 17.5 Å². The van der Waals surface area contributed by atoms with Crippen molar-refractivity contribution in [2.45, 2.75) is 20.3 Å². The second-order valence-electron chi connectivity index (χ2n) is 4.95. The van der Waals surface area contributed by atoms with Gasteiger partial charge in [-0.25, -0.2) is 4.98 Å². The smallest absolute Gasteiger partial charge is 0.138 e. The summed E-state index contributed by atoms with van der Waals surface area (Å²) in [6.45, 7) is 8.12. The number of pyridine rings is 1. The molecule has 20 heavy (non-hydrogen) atoms. The Morgan fingerprint density at radius 2 is 2.05 bits per heavy atom. The van der Waals surface area contributed by atoms with Crippen LogP contribution in [0.5, 0.6) is 0 Å². The highest BCUT2D eigenvalue weighted by Crippen LogP contribution is 2.27. The summed E-state index contributed by atoms with van der Waals surface area (Å²) in [5.41, 5.74) is 6.89. The molecule has 0 aliphatic carbocycles.